The molecule has 0 radical (unpaired) electrons. The molecule has 1 aliphatic rings. The molecule has 8 heteroatoms. The number of non-ortho nitro benzene ring substituents is 1. The number of phenols is 1. The third-order valence-corrected chi connectivity index (χ3v) is 4.98. The van der Waals surface area contributed by atoms with Crippen LogP contribution in [0.1, 0.15) is 30.5 Å². The summed E-state index contributed by atoms with van der Waals surface area (Å²) in [6.45, 7) is 1.42. The lowest BCUT2D eigenvalue weighted by Crippen LogP contribution is -2.24. The van der Waals surface area contributed by atoms with E-state index in [2.05, 4.69) is 5.10 Å². The van der Waals surface area contributed by atoms with Crippen molar-refractivity contribution in [2.75, 3.05) is 0 Å². The van der Waals surface area contributed by atoms with Gasteiger partial charge < -0.3 is 9.84 Å². The minimum Gasteiger partial charge on any atom is -0.504 e. The van der Waals surface area contributed by atoms with Crippen molar-refractivity contribution in [3.8, 4) is 17.2 Å². The van der Waals surface area contributed by atoms with E-state index in [0.717, 1.165) is 5.56 Å². The SMILES string of the molecule is CC(=O)N1N=C(c2ccc(Oc3ccccc3)c(O)c2)CC1c1ccc([N+](=O)[O-])cc1. The standard InChI is InChI=1S/C23H19N3O5/c1-15(27)25-21(16-7-10-18(11-8-16)26(29)30)14-20(24-25)17-9-12-23(22(28)13-17)31-19-5-3-2-4-6-19/h2-13,21,28H,14H2,1H3. The summed E-state index contributed by atoms with van der Waals surface area (Å²) in [5.41, 5.74) is 2.01. The minimum absolute atomic E-state index is 0.0174. The number of para-hydroxylation sites is 1. The Bertz CT molecular complexity index is 1160. The Hall–Kier alpha value is -4.20. The molecule has 31 heavy (non-hydrogen) atoms. The predicted octanol–water partition coefficient (Wildman–Crippen LogP) is 4.79. The van der Waals surface area contributed by atoms with Gasteiger partial charge in [0.2, 0.25) is 5.91 Å². The average molecular weight is 417 g/mol. The number of amides is 1. The molecule has 156 valence electrons. The Morgan fingerprint density at radius 1 is 1.13 bits per heavy atom. The van der Waals surface area contributed by atoms with Crippen LogP contribution in [0.5, 0.6) is 17.2 Å². The van der Waals surface area contributed by atoms with E-state index < -0.39 is 4.92 Å². The molecule has 3 aromatic rings. The molecule has 0 aliphatic carbocycles. The summed E-state index contributed by atoms with van der Waals surface area (Å²) in [7, 11) is 0. The van der Waals surface area contributed by atoms with Crippen molar-refractivity contribution in [2.24, 2.45) is 5.10 Å². The molecular formula is C23H19N3O5. The fourth-order valence-corrected chi connectivity index (χ4v) is 3.45. The van der Waals surface area contributed by atoms with Crippen LogP contribution in [0.25, 0.3) is 0 Å². The summed E-state index contributed by atoms with van der Waals surface area (Å²) in [5, 5.41) is 27.1. The molecule has 3 aromatic carbocycles. The third-order valence-electron chi connectivity index (χ3n) is 4.98. The number of aromatic hydroxyl groups is 1. The monoisotopic (exact) mass is 417 g/mol. The Morgan fingerprint density at radius 3 is 2.45 bits per heavy atom. The zero-order valence-electron chi connectivity index (χ0n) is 16.6. The van der Waals surface area contributed by atoms with Crippen molar-refractivity contribution in [1.82, 2.24) is 5.01 Å². The van der Waals surface area contributed by atoms with E-state index in [1.165, 1.54) is 24.1 Å². The van der Waals surface area contributed by atoms with Crippen molar-refractivity contribution >= 4 is 17.3 Å². The Balaban J connectivity index is 1.58. The number of nitro benzene ring substituents is 1. The number of ether oxygens (including phenoxy) is 1. The molecule has 1 aliphatic heterocycles. The van der Waals surface area contributed by atoms with Gasteiger partial charge in [0.1, 0.15) is 5.75 Å². The summed E-state index contributed by atoms with van der Waals surface area (Å²) in [4.78, 5) is 22.6. The van der Waals surface area contributed by atoms with Gasteiger partial charge in [-0.05, 0) is 35.9 Å². The second-order valence-electron chi connectivity index (χ2n) is 7.08. The summed E-state index contributed by atoms with van der Waals surface area (Å²) >= 11 is 0. The molecule has 0 saturated heterocycles. The van der Waals surface area contributed by atoms with E-state index in [0.29, 0.717) is 29.2 Å². The van der Waals surface area contributed by atoms with Crippen molar-refractivity contribution < 1.29 is 19.6 Å². The highest BCUT2D eigenvalue weighted by Gasteiger charge is 2.32. The first-order valence-corrected chi connectivity index (χ1v) is 9.60. The van der Waals surface area contributed by atoms with Gasteiger partial charge in [-0.25, -0.2) is 5.01 Å². The van der Waals surface area contributed by atoms with Crippen LogP contribution in [0.3, 0.4) is 0 Å². The lowest BCUT2D eigenvalue weighted by Gasteiger charge is -2.20. The number of benzene rings is 3. The van der Waals surface area contributed by atoms with Gasteiger partial charge in [-0.1, -0.05) is 30.3 Å². The molecule has 0 aromatic heterocycles. The quantitative estimate of drug-likeness (QED) is 0.475. The minimum atomic E-state index is -0.467. The number of phenolic OH excluding ortho intramolecular Hbond substituents is 1. The number of hydrazone groups is 1. The molecule has 1 atom stereocenters. The number of nitrogens with zero attached hydrogens (tertiary/aromatic N) is 3. The number of hydrogen-bond acceptors (Lipinski definition) is 6. The van der Waals surface area contributed by atoms with Gasteiger partial charge >= 0.3 is 0 Å². The molecule has 1 unspecified atom stereocenters. The molecule has 4 rings (SSSR count). The first kappa shape index (κ1) is 20.1. The van der Waals surface area contributed by atoms with E-state index in [1.54, 1.807) is 42.5 Å². The molecule has 1 heterocycles. The topological polar surface area (TPSA) is 105 Å². The molecule has 0 fully saturated rings. The highest BCUT2D eigenvalue weighted by Crippen LogP contribution is 2.36. The largest absolute Gasteiger partial charge is 0.504 e. The van der Waals surface area contributed by atoms with Crippen LogP contribution >= 0.6 is 0 Å². The van der Waals surface area contributed by atoms with E-state index in [1.807, 2.05) is 18.2 Å². The lowest BCUT2D eigenvalue weighted by molar-refractivity contribution is -0.384. The predicted molar refractivity (Wildman–Crippen MR) is 114 cm³/mol. The molecule has 0 saturated carbocycles. The average Bonchev–Trinajstić information content (AvgIpc) is 3.22. The van der Waals surface area contributed by atoms with Crippen LogP contribution in [0.4, 0.5) is 5.69 Å². The summed E-state index contributed by atoms with van der Waals surface area (Å²) in [6, 6.07) is 19.8. The third kappa shape index (κ3) is 4.23. The second kappa shape index (κ2) is 8.27. The number of carbonyl (C=O) groups is 1. The van der Waals surface area contributed by atoms with Gasteiger partial charge in [-0.2, -0.15) is 5.10 Å². The van der Waals surface area contributed by atoms with E-state index >= 15 is 0 Å². The smallest absolute Gasteiger partial charge is 0.269 e. The molecule has 8 nitrogen and oxygen atoms in total. The van der Waals surface area contributed by atoms with Gasteiger partial charge in [0.05, 0.1) is 16.7 Å². The fourth-order valence-electron chi connectivity index (χ4n) is 3.45. The Labute approximate surface area is 178 Å². The second-order valence-corrected chi connectivity index (χ2v) is 7.08. The van der Waals surface area contributed by atoms with Crippen molar-refractivity contribution in [3.05, 3.63) is 94.0 Å². The van der Waals surface area contributed by atoms with Gasteiger partial charge in [0.25, 0.3) is 5.69 Å². The number of rotatable bonds is 5. The fraction of sp³-hybridized carbons (Fsp3) is 0.130. The molecule has 1 N–H and O–H groups in total. The van der Waals surface area contributed by atoms with Crippen molar-refractivity contribution in [2.45, 2.75) is 19.4 Å². The normalized spacial score (nSPS) is 15.5. The van der Waals surface area contributed by atoms with E-state index in [4.69, 9.17) is 4.74 Å². The first-order valence-electron chi connectivity index (χ1n) is 9.60. The van der Waals surface area contributed by atoms with Crippen molar-refractivity contribution in [3.63, 3.8) is 0 Å². The van der Waals surface area contributed by atoms with Crippen LogP contribution in [0.15, 0.2) is 77.9 Å². The van der Waals surface area contributed by atoms with E-state index in [-0.39, 0.29) is 23.4 Å². The first-order chi connectivity index (χ1) is 14.9. The zero-order chi connectivity index (χ0) is 22.0. The van der Waals surface area contributed by atoms with Crippen LogP contribution < -0.4 is 4.74 Å². The maximum atomic E-state index is 12.1. The van der Waals surface area contributed by atoms with Gasteiger partial charge in [0.15, 0.2) is 11.5 Å². The summed E-state index contributed by atoms with van der Waals surface area (Å²) < 4.78 is 5.70. The highest BCUT2D eigenvalue weighted by molar-refractivity contribution is 6.03. The maximum absolute atomic E-state index is 12.1. The Morgan fingerprint density at radius 2 is 1.84 bits per heavy atom. The summed E-state index contributed by atoms with van der Waals surface area (Å²) in [6.07, 6.45) is 0.412. The van der Waals surface area contributed by atoms with E-state index in [9.17, 15) is 20.0 Å². The molecule has 0 spiro atoms. The van der Waals surface area contributed by atoms with Crippen LogP contribution in [0, 0.1) is 10.1 Å². The molecule has 0 bridgehead atoms. The zero-order valence-corrected chi connectivity index (χ0v) is 16.6. The number of carbonyl (C=O) groups excluding carboxylic acids is 1. The van der Waals surface area contributed by atoms with Gasteiger partial charge in [-0.3, -0.25) is 14.9 Å². The van der Waals surface area contributed by atoms with Crippen LogP contribution in [-0.4, -0.2) is 26.7 Å². The number of hydrogen-bond donors (Lipinski definition) is 1. The number of nitro groups is 1. The van der Waals surface area contributed by atoms with Gasteiger partial charge in [0, 0.05) is 31.0 Å². The van der Waals surface area contributed by atoms with Crippen LogP contribution in [0.2, 0.25) is 0 Å². The molecular weight excluding hydrogens is 398 g/mol. The van der Waals surface area contributed by atoms with Gasteiger partial charge in [-0.15, -0.1) is 0 Å². The molecule has 1 amide bonds. The van der Waals surface area contributed by atoms with Crippen LogP contribution in [-0.2, 0) is 4.79 Å². The lowest BCUT2D eigenvalue weighted by atomic mass is 9.98. The maximum Gasteiger partial charge on any atom is 0.269 e. The van der Waals surface area contributed by atoms with Crippen molar-refractivity contribution in [1.29, 1.82) is 0 Å². The highest BCUT2D eigenvalue weighted by atomic mass is 16.6. The summed E-state index contributed by atoms with van der Waals surface area (Å²) in [5.74, 6) is 0.623. The Kier molecular flexibility index (Phi) is 5.36.